The molecule has 25 heteroatoms. The number of amides is 1. The highest BCUT2D eigenvalue weighted by Gasteiger charge is 2.55. The topological polar surface area (TPSA) is 192 Å². The lowest BCUT2D eigenvalue weighted by molar-refractivity contribution is -0.151. The second-order valence-corrected chi connectivity index (χ2v) is 44.2. The largest absolute Gasteiger partial charge is 0.499 e. The molecule has 0 fully saturated rings. The van der Waals surface area contributed by atoms with Crippen LogP contribution < -0.4 is 5.32 Å². The third-order valence-corrected chi connectivity index (χ3v) is 37.1. The first-order valence-corrected chi connectivity index (χ1v) is 40.0. The summed E-state index contributed by atoms with van der Waals surface area (Å²) in [5.74, 6) is -0.308. The van der Waals surface area contributed by atoms with E-state index in [4.69, 9.17) is 52.2 Å². The van der Waals surface area contributed by atoms with Crippen molar-refractivity contribution < 1.29 is 76.0 Å². The van der Waals surface area contributed by atoms with E-state index in [-0.39, 0.29) is 35.1 Å². The van der Waals surface area contributed by atoms with Crippen LogP contribution in [0.25, 0.3) is 0 Å². The van der Waals surface area contributed by atoms with Crippen molar-refractivity contribution in [2.45, 2.75) is 149 Å². The molecule has 0 rings (SSSR count). The van der Waals surface area contributed by atoms with Crippen molar-refractivity contribution in [3.05, 3.63) is 0 Å². The monoisotopic (exact) mass is 1070 g/mol. The van der Waals surface area contributed by atoms with E-state index in [1.54, 1.807) is 64.0 Å². The van der Waals surface area contributed by atoms with Gasteiger partial charge >= 0.3 is 47.2 Å². The van der Waals surface area contributed by atoms with E-state index in [2.05, 4.69) is 54.1 Å². The Morgan fingerprint density at radius 3 is 0.955 bits per heavy atom. The van der Waals surface area contributed by atoms with Gasteiger partial charge in [-0.25, -0.2) is 0 Å². The van der Waals surface area contributed by atoms with Gasteiger partial charge in [-0.3, -0.25) is 14.4 Å². The van der Waals surface area contributed by atoms with Crippen LogP contribution in [0, 0.1) is 17.3 Å². The van der Waals surface area contributed by atoms with Crippen LogP contribution in [-0.2, 0) is 76.0 Å². The summed E-state index contributed by atoms with van der Waals surface area (Å²) in [6, 6.07) is 4.25. The minimum absolute atomic E-state index is 0.00174. The van der Waals surface area contributed by atoms with Gasteiger partial charge in [0.1, 0.15) is 0 Å². The van der Waals surface area contributed by atoms with Crippen LogP contribution in [0.4, 0.5) is 0 Å². The first kappa shape index (κ1) is 69.7. The van der Waals surface area contributed by atoms with Crippen LogP contribution >= 0.6 is 0 Å². The number of ether oxygens (including phenoxy) is 2. The Balaban J connectivity index is -0.00000194. The molecule has 0 heterocycles. The minimum Gasteiger partial charge on any atom is -0.469 e. The van der Waals surface area contributed by atoms with Crippen LogP contribution in [0.15, 0.2) is 0 Å². The number of hydrogen-bond acceptors (Lipinski definition) is 17. The molecule has 0 aliphatic carbocycles. The predicted octanol–water partition coefficient (Wildman–Crippen LogP) is 8.19. The zero-order chi connectivity index (χ0) is 52.3. The van der Waals surface area contributed by atoms with Gasteiger partial charge in [0.15, 0.2) is 25.0 Å². The summed E-state index contributed by atoms with van der Waals surface area (Å²) in [5.41, 5.74) is -0.311. The SMILES string of the molecule is CCC(C)(C)C(=O)OC.CCC(C)C(=O)NCC[Si](O[Si](C)(C)CC[Si](OC)(OC)OC)(O[Si](C)(C)CC[Si](OC)(OC)OC)O[Si](C)(C)CC[Si](OC)(OC)OC.CCC(C)C(=O)OC. The summed E-state index contributed by atoms with van der Waals surface area (Å²) in [4.78, 5) is 34.3. The van der Waals surface area contributed by atoms with Gasteiger partial charge < -0.3 is 67.0 Å². The van der Waals surface area contributed by atoms with Crippen molar-refractivity contribution in [3.8, 4) is 0 Å². The summed E-state index contributed by atoms with van der Waals surface area (Å²) in [6.45, 7) is 26.8. The second kappa shape index (κ2) is 33.2. The predicted molar refractivity (Wildman–Crippen MR) is 275 cm³/mol. The number of hydrogen-bond donors (Lipinski definition) is 1. The summed E-state index contributed by atoms with van der Waals surface area (Å²) in [5, 5.41) is 3.14. The van der Waals surface area contributed by atoms with Gasteiger partial charge in [0, 0.05) is 101 Å². The minimum atomic E-state index is -3.54. The Hall–Kier alpha value is -0.552. The molecule has 0 saturated heterocycles. The quantitative estimate of drug-likeness (QED) is 0.0488. The van der Waals surface area contributed by atoms with Crippen molar-refractivity contribution in [1.82, 2.24) is 5.32 Å². The van der Waals surface area contributed by atoms with E-state index in [9.17, 15) is 14.4 Å². The third kappa shape index (κ3) is 26.1. The van der Waals surface area contributed by atoms with E-state index in [0.717, 1.165) is 19.3 Å². The van der Waals surface area contributed by atoms with Gasteiger partial charge in [-0.1, -0.05) is 34.6 Å². The molecule has 18 nitrogen and oxygen atoms in total. The fourth-order valence-corrected chi connectivity index (χ4v) is 35.0. The molecule has 2 unspecified atom stereocenters. The molecule has 396 valence electrons. The lowest BCUT2D eigenvalue weighted by Crippen LogP contribution is -2.63. The molecule has 66 heavy (non-hydrogen) atoms. The Kier molecular flexibility index (Phi) is 35.0. The highest BCUT2D eigenvalue weighted by Crippen LogP contribution is 2.36. The van der Waals surface area contributed by atoms with E-state index in [1.165, 1.54) is 14.2 Å². The Morgan fingerprint density at radius 2 is 0.758 bits per heavy atom. The van der Waals surface area contributed by atoms with Crippen molar-refractivity contribution in [2.75, 3.05) is 84.8 Å². The molecule has 0 aromatic carbocycles. The van der Waals surface area contributed by atoms with Gasteiger partial charge in [-0.2, -0.15) is 0 Å². The van der Waals surface area contributed by atoms with Gasteiger partial charge in [-0.15, -0.1) is 0 Å². The summed E-state index contributed by atoms with van der Waals surface area (Å²) in [7, 11) is -2.42. The van der Waals surface area contributed by atoms with Crippen molar-refractivity contribution in [1.29, 1.82) is 0 Å². The van der Waals surface area contributed by atoms with E-state index in [0.29, 0.717) is 48.9 Å². The second-order valence-electron chi connectivity index (χ2n) is 18.6. The highest BCUT2D eigenvalue weighted by atomic mass is 28.5. The van der Waals surface area contributed by atoms with Crippen molar-refractivity contribution in [2.24, 2.45) is 17.3 Å². The Morgan fingerprint density at radius 1 is 0.455 bits per heavy atom. The molecule has 2 atom stereocenters. The fraction of sp³-hybridized carbons (Fsp3) is 0.927. The molecule has 1 N–H and O–H groups in total. The third-order valence-electron chi connectivity index (χ3n) is 11.8. The Bertz CT molecular complexity index is 1220. The molecule has 0 spiro atoms. The van der Waals surface area contributed by atoms with E-state index in [1.807, 2.05) is 48.5 Å². The molecule has 0 aromatic heterocycles. The molecule has 0 bridgehead atoms. The van der Waals surface area contributed by atoms with Gasteiger partial charge in [0.05, 0.1) is 25.6 Å². The number of carbonyl (C=O) groups excluding carboxylic acids is 3. The van der Waals surface area contributed by atoms with Crippen LogP contribution in [0.1, 0.15) is 67.7 Å². The summed E-state index contributed by atoms with van der Waals surface area (Å²) < 4.78 is 82.9. The summed E-state index contributed by atoms with van der Waals surface area (Å²) >= 11 is 0. The maximum absolute atomic E-state index is 12.9. The average Bonchev–Trinajstić information content (AvgIpc) is 3.29. The van der Waals surface area contributed by atoms with Gasteiger partial charge in [0.2, 0.25) is 5.91 Å². The van der Waals surface area contributed by atoms with Crippen molar-refractivity contribution >= 4 is 78.0 Å². The highest BCUT2D eigenvalue weighted by molar-refractivity contribution is 6.91. The number of methoxy groups -OCH3 is 2. The lowest BCUT2D eigenvalue weighted by Gasteiger charge is -2.46. The van der Waals surface area contributed by atoms with E-state index < -0.39 is 60.2 Å². The van der Waals surface area contributed by atoms with Gasteiger partial charge in [0.25, 0.3) is 0 Å². The lowest BCUT2D eigenvalue weighted by atomic mass is 9.91. The zero-order valence-corrected chi connectivity index (χ0v) is 52.9. The van der Waals surface area contributed by atoms with Crippen molar-refractivity contribution in [3.63, 3.8) is 0 Å². The number of carbonyl (C=O) groups is 3. The van der Waals surface area contributed by atoms with Gasteiger partial charge in [-0.05, 0) is 90.5 Å². The molecule has 0 saturated carbocycles. The van der Waals surface area contributed by atoms with Crippen LogP contribution in [-0.4, -0.2) is 163 Å². The number of rotatable bonds is 33. The molecule has 0 aliphatic heterocycles. The molecule has 0 radical (unpaired) electrons. The van der Waals surface area contributed by atoms with Crippen LogP contribution in [0.2, 0.25) is 81.6 Å². The molecule has 0 aliphatic rings. The Labute approximate surface area is 408 Å². The fourth-order valence-electron chi connectivity index (χ4n) is 6.15. The normalized spacial score (nSPS) is 14.0. The maximum Gasteiger partial charge on any atom is 0.499 e. The first-order valence-electron chi connectivity index (χ1n) is 22.9. The maximum atomic E-state index is 12.9. The van der Waals surface area contributed by atoms with Crippen LogP contribution in [0.3, 0.4) is 0 Å². The first-order chi connectivity index (χ1) is 30.4. The summed E-state index contributed by atoms with van der Waals surface area (Å²) in [6.07, 6.45) is 2.42. The zero-order valence-electron chi connectivity index (χ0n) is 45.9. The molecular weight excluding hydrogens is 975 g/mol. The van der Waals surface area contributed by atoms with Crippen LogP contribution in [0.5, 0.6) is 0 Å². The number of nitrogens with one attached hydrogen (secondary N) is 1. The number of esters is 2. The molecule has 1 amide bonds. The standard InChI is InChI=1S/C28H71NO13Si7.C7H14O2.C6H12O2/c1-18-27(2)28(30)29-19-20-49(40-43(12,13)21-24-46(31-3,32-4)33-5,41-44(14,15)22-25-47(34-6,35-7)36-8)42-45(16,17)23-26-48(37-9,38-10)39-11;1-5-7(2,3)6(8)9-4;1-4-5(2)6(7)8-3/h27H,18-26H2,1-17H3,(H,29,30);5H2,1-4H3;5H,4H2,1-3H3. The average molecular weight is 1070 g/mol. The van der Waals surface area contributed by atoms with E-state index >= 15 is 0 Å². The smallest absolute Gasteiger partial charge is 0.469 e. The molecule has 0 aromatic rings. The molecular formula is C41H97NO17Si7.